The van der Waals surface area contributed by atoms with E-state index in [0.29, 0.717) is 12.1 Å². The molecular weight excluding hydrogens is 311 g/mol. The van der Waals surface area contributed by atoms with Gasteiger partial charge in [-0.2, -0.15) is 11.8 Å². The van der Waals surface area contributed by atoms with E-state index in [9.17, 15) is 12.8 Å². The molecule has 1 rings (SSSR count). The first-order valence-corrected chi connectivity index (χ1v) is 9.57. The fourth-order valence-electron chi connectivity index (χ4n) is 1.87. The monoisotopic (exact) mass is 334 g/mol. The van der Waals surface area contributed by atoms with Gasteiger partial charge in [0.1, 0.15) is 10.7 Å². The first-order chi connectivity index (χ1) is 9.90. The van der Waals surface area contributed by atoms with Crippen LogP contribution in [0.4, 0.5) is 4.39 Å². The minimum atomic E-state index is -3.81. The summed E-state index contributed by atoms with van der Waals surface area (Å²) in [5.74, 6) is 1.16. The van der Waals surface area contributed by atoms with Gasteiger partial charge in [-0.25, -0.2) is 17.5 Å². The van der Waals surface area contributed by atoms with Crippen LogP contribution in [0.1, 0.15) is 25.8 Å². The summed E-state index contributed by atoms with van der Waals surface area (Å²) < 4.78 is 40.9. The molecule has 120 valence electrons. The lowest BCUT2D eigenvalue weighted by atomic mass is 10.2. The van der Waals surface area contributed by atoms with Gasteiger partial charge in [0.25, 0.3) is 0 Å². The molecule has 0 saturated heterocycles. The molecule has 1 aromatic carbocycles. The second kappa shape index (κ2) is 8.73. The van der Waals surface area contributed by atoms with Gasteiger partial charge in [0.2, 0.25) is 10.0 Å². The third-order valence-corrected chi connectivity index (χ3v) is 5.48. The van der Waals surface area contributed by atoms with Crippen LogP contribution in [0.25, 0.3) is 0 Å². The van der Waals surface area contributed by atoms with E-state index >= 15 is 0 Å². The number of nitrogens with one attached hydrogen (secondary N) is 2. The molecule has 2 N–H and O–H groups in total. The van der Waals surface area contributed by atoms with E-state index < -0.39 is 15.8 Å². The molecule has 0 aliphatic carbocycles. The van der Waals surface area contributed by atoms with E-state index in [2.05, 4.69) is 17.0 Å². The van der Waals surface area contributed by atoms with E-state index in [1.807, 2.05) is 0 Å². The molecule has 0 aliphatic rings. The van der Waals surface area contributed by atoms with Crippen LogP contribution in [-0.2, 0) is 16.6 Å². The van der Waals surface area contributed by atoms with Crippen LogP contribution in [0.15, 0.2) is 23.1 Å². The van der Waals surface area contributed by atoms with E-state index in [0.717, 1.165) is 17.9 Å². The van der Waals surface area contributed by atoms with Crippen LogP contribution in [0.5, 0.6) is 0 Å². The van der Waals surface area contributed by atoms with Crippen LogP contribution >= 0.6 is 11.8 Å². The summed E-state index contributed by atoms with van der Waals surface area (Å²) in [6, 6.07) is 3.97. The van der Waals surface area contributed by atoms with Crippen molar-refractivity contribution in [3.63, 3.8) is 0 Å². The molecule has 0 radical (unpaired) electrons. The van der Waals surface area contributed by atoms with E-state index in [1.165, 1.54) is 12.1 Å². The fraction of sp³-hybridized carbons (Fsp3) is 0.571. The van der Waals surface area contributed by atoms with Gasteiger partial charge in [0, 0.05) is 12.6 Å². The molecule has 7 heteroatoms. The van der Waals surface area contributed by atoms with Gasteiger partial charge in [-0.05, 0) is 49.6 Å². The number of hydrogen-bond acceptors (Lipinski definition) is 4. The first-order valence-electron chi connectivity index (χ1n) is 6.93. The summed E-state index contributed by atoms with van der Waals surface area (Å²) in [5.41, 5.74) is 0.710. The van der Waals surface area contributed by atoms with Crippen molar-refractivity contribution >= 4 is 21.8 Å². The molecule has 1 unspecified atom stereocenters. The maximum Gasteiger partial charge on any atom is 0.243 e. The van der Waals surface area contributed by atoms with E-state index in [4.69, 9.17) is 0 Å². The predicted octanol–water partition coefficient (Wildman–Crippen LogP) is 2.36. The largest absolute Gasteiger partial charge is 0.316 e. The standard InChI is InChI=1S/C14H23FN2O2S2/c1-4-20-8-7-11(2)17-21(18,19)14-6-5-12(10-16-3)9-13(14)15/h5-6,9,11,16-17H,4,7-8,10H2,1-3H3. The quantitative estimate of drug-likeness (QED) is 0.681. The highest BCUT2D eigenvalue weighted by atomic mass is 32.2. The zero-order valence-electron chi connectivity index (χ0n) is 12.6. The Kier molecular flexibility index (Phi) is 7.65. The van der Waals surface area contributed by atoms with Gasteiger partial charge in [0.15, 0.2) is 0 Å². The van der Waals surface area contributed by atoms with Crippen molar-refractivity contribution in [2.45, 2.75) is 37.8 Å². The molecule has 0 aromatic heterocycles. The molecule has 0 spiro atoms. The number of thioether (sulfide) groups is 1. The summed E-state index contributed by atoms with van der Waals surface area (Å²) in [5, 5.41) is 2.90. The number of halogens is 1. The highest BCUT2D eigenvalue weighted by Crippen LogP contribution is 2.17. The lowest BCUT2D eigenvalue weighted by Crippen LogP contribution is -2.33. The smallest absolute Gasteiger partial charge is 0.243 e. The Labute approximate surface area is 131 Å². The number of benzene rings is 1. The second-order valence-corrected chi connectivity index (χ2v) is 7.88. The molecule has 0 bridgehead atoms. The Morgan fingerprint density at radius 3 is 2.67 bits per heavy atom. The van der Waals surface area contributed by atoms with Crippen molar-refractivity contribution in [3.05, 3.63) is 29.6 Å². The van der Waals surface area contributed by atoms with Gasteiger partial charge in [-0.1, -0.05) is 13.0 Å². The van der Waals surface area contributed by atoms with Crippen LogP contribution in [0, 0.1) is 5.82 Å². The van der Waals surface area contributed by atoms with Crippen molar-refractivity contribution < 1.29 is 12.8 Å². The van der Waals surface area contributed by atoms with Crippen molar-refractivity contribution in [1.82, 2.24) is 10.0 Å². The topological polar surface area (TPSA) is 58.2 Å². The molecule has 0 amide bonds. The van der Waals surface area contributed by atoms with Gasteiger partial charge in [-0.3, -0.25) is 0 Å². The zero-order valence-corrected chi connectivity index (χ0v) is 14.3. The maximum atomic E-state index is 14.0. The minimum absolute atomic E-state index is 0.217. The lowest BCUT2D eigenvalue weighted by Gasteiger charge is -2.14. The summed E-state index contributed by atoms with van der Waals surface area (Å²) in [6.07, 6.45) is 0.719. The third-order valence-electron chi connectivity index (χ3n) is 2.92. The molecule has 1 aromatic rings. The Morgan fingerprint density at radius 2 is 2.10 bits per heavy atom. The average Bonchev–Trinajstić information content (AvgIpc) is 2.38. The highest BCUT2D eigenvalue weighted by molar-refractivity contribution is 7.99. The highest BCUT2D eigenvalue weighted by Gasteiger charge is 2.21. The van der Waals surface area contributed by atoms with Gasteiger partial charge >= 0.3 is 0 Å². The fourth-order valence-corrected chi connectivity index (χ4v) is 4.01. The third kappa shape index (κ3) is 5.94. The summed E-state index contributed by atoms with van der Waals surface area (Å²) in [4.78, 5) is -0.294. The number of hydrogen-bond donors (Lipinski definition) is 2. The Hall–Kier alpha value is -0.630. The van der Waals surface area contributed by atoms with Crippen LogP contribution < -0.4 is 10.0 Å². The Bertz CT molecular complexity index is 550. The zero-order chi connectivity index (χ0) is 15.9. The molecule has 0 saturated carbocycles. The van der Waals surface area contributed by atoms with Crippen LogP contribution in [0.2, 0.25) is 0 Å². The van der Waals surface area contributed by atoms with Gasteiger partial charge < -0.3 is 5.32 Å². The molecule has 0 fully saturated rings. The summed E-state index contributed by atoms with van der Waals surface area (Å²) >= 11 is 1.75. The van der Waals surface area contributed by atoms with Crippen molar-refractivity contribution in [1.29, 1.82) is 0 Å². The molecular formula is C14H23FN2O2S2. The van der Waals surface area contributed by atoms with Crippen LogP contribution in [0.3, 0.4) is 0 Å². The van der Waals surface area contributed by atoms with Gasteiger partial charge in [-0.15, -0.1) is 0 Å². The number of sulfonamides is 1. The Morgan fingerprint density at radius 1 is 1.38 bits per heavy atom. The Balaban J connectivity index is 2.78. The van der Waals surface area contributed by atoms with Gasteiger partial charge in [0.05, 0.1) is 0 Å². The molecule has 21 heavy (non-hydrogen) atoms. The van der Waals surface area contributed by atoms with Crippen molar-refractivity contribution in [2.24, 2.45) is 0 Å². The lowest BCUT2D eigenvalue weighted by molar-refractivity contribution is 0.539. The molecule has 1 atom stereocenters. The predicted molar refractivity (Wildman–Crippen MR) is 86.6 cm³/mol. The maximum absolute atomic E-state index is 14.0. The first kappa shape index (κ1) is 18.4. The normalized spacial score (nSPS) is 13.3. The SMILES string of the molecule is CCSCCC(C)NS(=O)(=O)c1ccc(CNC)cc1F. The van der Waals surface area contributed by atoms with Crippen molar-refractivity contribution in [2.75, 3.05) is 18.6 Å². The summed E-state index contributed by atoms with van der Waals surface area (Å²) in [7, 11) is -2.06. The van der Waals surface area contributed by atoms with E-state index in [1.54, 1.807) is 31.8 Å². The van der Waals surface area contributed by atoms with Crippen LogP contribution in [-0.4, -0.2) is 33.0 Å². The molecule has 0 heterocycles. The minimum Gasteiger partial charge on any atom is -0.316 e. The molecule has 0 aliphatic heterocycles. The average molecular weight is 334 g/mol. The molecule has 4 nitrogen and oxygen atoms in total. The van der Waals surface area contributed by atoms with Crippen molar-refractivity contribution in [3.8, 4) is 0 Å². The van der Waals surface area contributed by atoms with E-state index in [-0.39, 0.29) is 10.9 Å². The second-order valence-electron chi connectivity index (χ2n) is 4.80. The number of rotatable bonds is 9. The summed E-state index contributed by atoms with van der Waals surface area (Å²) in [6.45, 7) is 4.35.